The number of rotatable bonds is 5. The predicted octanol–water partition coefficient (Wildman–Crippen LogP) is 4.75. The first kappa shape index (κ1) is 15.4. The molecule has 3 rings (SSSR count). The Morgan fingerprint density at radius 1 is 1.35 bits per heavy atom. The van der Waals surface area contributed by atoms with Gasteiger partial charge in [-0.05, 0) is 37.3 Å². The Kier molecular flexibility index (Phi) is 4.26. The van der Waals surface area contributed by atoms with Crippen LogP contribution in [0, 0.1) is 0 Å². The first-order chi connectivity index (χ1) is 11.1. The lowest BCUT2D eigenvalue weighted by atomic mass is 10.1. The number of aromatic hydroxyl groups is 1. The fraction of sp³-hybridized carbons (Fsp3) is 0.167. The number of nitrogens with zero attached hydrogens (tertiary/aromatic N) is 2. The van der Waals surface area contributed by atoms with Gasteiger partial charge in [0.15, 0.2) is 0 Å². The number of anilines is 1. The van der Waals surface area contributed by atoms with Crippen molar-refractivity contribution in [3.05, 3.63) is 65.7 Å². The Morgan fingerprint density at radius 2 is 2.13 bits per heavy atom. The Hall–Kier alpha value is -2.46. The molecule has 118 valence electrons. The highest BCUT2D eigenvalue weighted by Crippen LogP contribution is 2.30. The maximum atomic E-state index is 10.1. The summed E-state index contributed by atoms with van der Waals surface area (Å²) in [4.78, 5) is 4.64. The number of imidazole rings is 1. The van der Waals surface area contributed by atoms with Crippen molar-refractivity contribution in [2.24, 2.45) is 0 Å². The molecule has 0 fully saturated rings. The fourth-order valence-electron chi connectivity index (χ4n) is 2.64. The van der Waals surface area contributed by atoms with Crippen molar-refractivity contribution in [1.82, 2.24) is 9.55 Å². The summed E-state index contributed by atoms with van der Waals surface area (Å²) in [6, 6.07) is 12.8. The molecule has 2 aromatic carbocycles. The third kappa shape index (κ3) is 3.03. The first-order valence-electron chi connectivity index (χ1n) is 7.41. The van der Waals surface area contributed by atoms with Crippen molar-refractivity contribution in [3.63, 3.8) is 0 Å². The maximum absolute atomic E-state index is 10.1. The molecule has 0 unspecified atom stereocenters. The van der Waals surface area contributed by atoms with Gasteiger partial charge in [-0.2, -0.15) is 0 Å². The average molecular weight is 328 g/mol. The number of para-hydroxylation sites is 2. The van der Waals surface area contributed by atoms with Crippen LogP contribution in [0.2, 0.25) is 5.02 Å². The lowest BCUT2D eigenvalue weighted by Crippen LogP contribution is -2.12. The summed E-state index contributed by atoms with van der Waals surface area (Å²) in [5.41, 5.74) is 2.69. The van der Waals surface area contributed by atoms with E-state index in [0.717, 1.165) is 22.5 Å². The number of phenols is 1. The quantitative estimate of drug-likeness (QED) is 0.665. The summed E-state index contributed by atoms with van der Waals surface area (Å²) in [5, 5.41) is 14.0. The monoisotopic (exact) mass is 327 g/mol. The fourth-order valence-corrected chi connectivity index (χ4v) is 2.82. The minimum absolute atomic E-state index is 0.144. The third-order valence-electron chi connectivity index (χ3n) is 3.77. The number of benzene rings is 2. The number of allylic oxidation sites excluding steroid dienone is 1. The van der Waals surface area contributed by atoms with E-state index in [-0.39, 0.29) is 11.8 Å². The number of halogens is 1. The number of phenolic OH excluding ortho intramolecular Hbond substituents is 1. The van der Waals surface area contributed by atoms with Crippen LogP contribution in [0.3, 0.4) is 0 Å². The Bertz CT molecular complexity index is 857. The van der Waals surface area contributed by atoms with Gasteiger partial charge in [0.05, 0.1) is 17.1 Å². The summed E-state index contributed by atoms with van der Waals surface area (Å²) in [7, 11) is 0. The normalized spacial score (nSPS) is 12.3. The largest absolute Gasteiger partial charge is 0.508 e. The van der Waals surface area contributed by atoms with Gasteiger partial charge >= 0.3 is 0 Å². The molecular weight excluding hydrogens is 310 g/mol. The topological polar surface area (TPSA) is 50.1 Å². The molecular formula is C18H18ClN3O. The minimum Gasteiger partial charge on any atom is -0.508 e. The van der Waals surface area contributed by atoms with Crippen molar-refractivity contribution in [2.45, 2.75) is 19.5 Å². The van der Waals surface area contributed by atoms with Gasteiger partial charge < -0.3 is 15.0 Å². The molecule has 1 heterocycles. The van der Waals surface area contributed by atoms with Crippen LogP contribution in [-0.2, 0) is 6.54 Å². The molecule has 5 heteroatoms. The van der Waals surface area contributed by atoms with E-state index in [2.05, 4.69) is 21.4 Å². The number of hydrogen-bond donors (Lipinski definition) is 2. The van der Waals surface area contributed by atoms with Gasteiger partial charge in [-0.1, -0.05) is 29.8 Å². The van der Waals surface area contributed by atoms with Crippen LogP contribution < -0.4 is 5.32 Å². The van der Waals surface area contributed by atoms with Gasteiger partial charge in [-0.15, -0.1) is 6.58 Å². The molecule has 4 nitrogen and oxygen atoms in total. The Morgan fingerprint density at radius 3 is 2.91 bits per heavy atom. The smallest absolute Gasteiger partial charge is 0.204 e. The van der Waals surface area contributed by atoms with E-state index in [4.69, 9.17) is 11.6 Å². The molecule has 0 aliphatic carbocycles. The van der Waals surface area contributed by atoms with Crippen molar-refractivity contribution in [3.8, 4) is 5.75 Å². The van der Waals surface area contributed by atoms with Crippen LogP contribution in [0.15, 0.2) is 55.1 Å². The molecule has 0 aliphatic heterocycles. The zero-order valence-electron chi connectivity index (χ0n) is 12.8. The minimum atomic E-state index is -0.144. The van der Waals surface area contributed by atoms with E-state index >= 15 is 0 Å². The molecule has 0 amide bonds. The SMILES string of the molecule is C=CCn1c(N[C@@H](C)c2cc(Cl)ccc2O)nc2ccccc21. The second kappa shape index (κ2) is 6.34. The van der Waals surface area contributed by atoms with Gasteiger partial charge in [0.1, 0.15) is 5.75 Å². The van der Waals surface area contributed by atoms with Crippen molar-refractivity contribution in [2.75, 3.05) is 5.32 Å². The molecule has 0 saturated carbocycles. The zero-order chi connectivity index (χ0) is 16.4. The van der Waals surface area contributed by atoms with Crippen LogP contribution in [0.4, 0.5) is 5.95 Å². The van der Waals surface area contributed by atoms with Crippen molar-refractivity contribution >= 4 is 28.6 Å². The van der Waals surface area contributed by atoms with Crippen molar-refractivity contribution in [1.29, 1.82) is 0 Å². The van der Waals surface area contributed by atoms with Crippen molar-refractivity contribution < 1.29 is 5.11 Å². The van der Waals surface area contributed by atoms with Crippen LogP contribution >= 0.6 is 11.6 Å². The third-order valence-corrected chi connectivity index (χ3v) is 4.00. The second-order valence-electron chi connectivity index (χ2n) is 5.39. The van der Waals surface area contributed by atoms with Gasteiger partial charge in [0, 0.05) is 17.1 Å². The molecule has 1 atom stereocenters. The number of aromatic nitrogens is 2. The molecule has 1 aromatic heterocycles. The highest BCUT2D eigenvalue weighted by Gasteiger charge is 2.15. The molecule has 23 heavy (non-hydrogen) atoms. The maximum Gasteiger partial charge on any atom is 0.204 e. The molecule has 2 N–H and O–H groups in total. The number of nitrogens with one attached hydrogen (secondary N) is 1. The van der Waals surface area contributed by atoms with Crippen LogP contribution in [-0.4, -0.2) is 14.7 Å². The van der Waals surface area contributed by atoms with E-state index in [1.807, 2.05) is 37.3 Å². The van der Waals surface area contributed by atoms with E-state index < -0.39 is 0 Å². The highest BCUT2D eigenvalue weighted by molar-refractivity contribution is 6.30. The van der Waals surface area contributed by atoms with Gasteiger partial charge in [0.25, 0.3) is 0 Å². The molecule has 0 aliphatic rings. The molecule has 0 radical (unpaired) electrons. The number of fused-ring (bicyclic) bond motifs is 1. The Balaban J connectivity index is 1.98. The predicted molar refractivity (Wildman–Crippen MR) is 95.1 cm³/mol. The Labute approximate surface area is 140 Å². The summed E-state index contributed by atoms with van der Waals surface area (Å²) in [6.07, 6.45) is 1.83. The summed E-state index contributed by atoms with van der Waals surface area (Å²) >= 11 is 6.04. The highest BCUT2D eigenvalue weighted by atomic mass is 35.5. The van der Waals surface area contributed by atoms with Gasteiger partial charge in [-0.25, -0.2) is 4.98 Å². The van der Waals surface area contributed by atoms with Crippen LogP contribution in [0.25, 0.3) is 11.0 Å². The van der Waals surface area contributed by atoms with Crippen LogP contribution in [0.1, 0.15) is 18.5 Å². The zero-order valence-corrected chi connectivity index (χ0v) is 13.6. The second-order valence-corrected chi connectivity index (χ2v) is 5.83. The summed E-state index contributed by atoms with van der Waals surface area (Å²) in [5.74, 6) is 0.943. The molecule has 0 bridgehead atoms. The number of hydrogen-bond acceptors (Lipinski definition) is 3. The lowest BCUT2D eigenvalue weighted by molar-refractivity contribution is 0.465. The summed E-state index contributed by atoms with van der Waals surface area (Å²) < 4.78 is 2.06. The lowest BCUT2D eigenvalue weighted by Gasteiger charge is -2.17. The average Bonchev–Trinajstić information content (AvgIpc) is 2.88. The van der Waals surface area contributed by atoms with E-state index in [9.17, 15) is 5.11 Å². The van der Waals surface area contributed by atoms with E-state index in [1.165, 1.54) is 0 Å². The van der Waals surface area contributed by atoms with E-state index in [1.54, 1.807) is 18.2 Å². The first-order valence-corrected chi connectivity index (χ1v) is 7.79. The van der Waals surface area contributed by atoms with Crippen LogP contribution in [0.5, 0.6) is 5.75 Å². The molecule has 0 spiro atoms. The summed E-state index contributed by atoms with van der Waals surface area (Å²) in [6.45, 7) is 6.42. The molecule has 0 saturated heterocycles. The van der Waals surface area contributed by atoms with E-state index in [0.29, 0.717) is 11.6 Å². The van der Waals surface area contributed by atoms with Gasteiger partial charge in [0.2, 0.25) is 5.95 Å². The molecule has 3 aromatic rings. The standard InChI is InChI=1S/C18H18ClN3O/c1-3-10-22-16-7-5-4-6-15(16)21-18(22)20-12(2)14-11-13(19)8-9-17(14)23/h3-9,11-12,23H,1,10H2,2H3,(H,20,21)/t12-/m0/s1. The van der Waals surface area contributed by atoms with Gasteiger partial charge in [-0.3, -0.25) is 0 Å².